The molecule has 0 aromatic heterocycles. The smallest absolute Gasteiger partial charge is 0.123 e. The van der Waals surface area contributed by atoms with E-state index in [4.69, 9.17) is 14.2 Å². The quantitative estimate of drug-likeness (QED) is 0.437. The summed E-state index contributed by atoms with van der Waals surface area (Å²) in [5.74, 6) is 1.37. The van der Waals surface area contributed by atoms with Crippen LogP contribution in [0.4, 0.5) is 4.39 Å². The van der Waals surface area contributed by atoms with Crippen LogP contribution in [0.25, 0.3) is 0 Å². The van der Waals surface area contributed by atoms with Crippen LogP contribution >= 0.6 is 0 Å². The van der Waals surface area contributed by atoms with Crippen molar-refractivity contribution in [1.82, 2.24) is 0 Å². The van der Waals surface area contributed by atoms with Crippen molar-refractivity contribution in [3.05, 3.63) is 78.1 Å². The van der Waals surface area contributed by atoms with Gasteiger partial charge in [-0.2, -0.15) is 0 Å². The van der Waals surface area contributed by atoms with Crippen LogP contribution < -0.4 is 4.74 Å². The Kier molecular flexibility index (Phi) is 7.84. The number of ether oxygens (including phenoxy) is 3. The average molecular weight is 399 g/mol. The summed E-state index contributed by atoms with van der Waals surface area (Å²) in [7, 11) is 1.66. The molecular weight excluding hydrogens is 367 g/mol. The fourth-order valence-corrected chi connectivity index (χ4v) is 3.41. The zero-order valence-electron chi connectivity index (χ0n) is 17.4. The zero-order valence-corrected chi connectivity index (χ0v) is 17.4. The van der Waals surface area contributed by atoms with Gasteiger partial charge in [0.2, 0.25) is 0 Å². The molecule has 0 saturated heterocycles. The van der Waals surface area contributed by atoms with Crippen molar-refractivity contribution in [1.29, 1.82) is 0 Å². The normalized spacial score (nSPS) is 16.8. The van der Waals surface area contributed by atoms with E-state index in [-0.39, 0.29) is 23.9 Å². The summed E-state index contributed by atoms with van der Waals surface area (Å²) in [6, 6.07) is 14.5. The molecule has 0 N–H and O–H groups in total. The Hall–Kier alpha value is -2.17. The first-order chi connectivity index (χ1) is 14.1. The Balaban J connectivity index is 1.64. The SMILES string of the molecule is C=C[C@H](Cc1ccc(F)cc1)[C@@H](OCC1CC1)[C@H](C)OCc1ccc(OC)cc1. The van der Waals surface area contributed by atoms with Crippen molar-refractivity contribution in [3.8, 4) is 5.75 Å². The van der Waals surface area contributed by atoms with E-state index >= 15 is 0 Å². The molecule has 0 unspecified atom stereocenters. The molecule has 3 rings (SSSR count). The maximum absolute atomic E-state index is 13.2. The van der Waals surface area contributed by atoms with E-state index in [1.54, 1.807) is 7.11 Å². The monoisotopic (exact) mass is 398 g/mol. The van der Waals surface area contributed by atoms with Gasteiger partial charge in [-0.05, 0) is 67.5 Å². The van der Waals surface area contributed by atoms with Crippen molar-refractivity contribution in [2.75, 3.05) is 13.7 Å². The van der Waals surface area contributed by atoms with Crippen LogP contribution in [0.2, 0.25) is 0 Å². The molecule has 0 aliphatic heterocycles. The highest BCUT2D eigenvalue weighted by atomic mass is 19.1. The minimum absolute atomic E-state index is 0.0880. The number of hydrogen-bond donors (Lipinski definition) is 0. The summed E-state index contributed by atoms with van der Waals surface area (Å²) < 4.78 is 30.9. The Morgan fingerprint density at radius 2 is 1.69 bits per heavy atom. The van der Waals surface area contributed by atoms with Crippen LogP contribution in [0.5, 0.6) is 5.75 Å². The maximum Gasteiger partial charge on any atom is 0.123 e. The summed E-state index contributed by atoms with van der Waals surface area (Å²) in [6.45, 7) is 7.36. The molecule has 0 bridgehead atoms. The van der Waals surface area contributed by atoms with Gasteiger partial charge in [-0.1, -0.05) is 30.3 Å². The second-order valence-electron chi connectivity index (χ2n) is 7.84. The van der Waals surface area contributed by atoms with E-state index in [1.165, 1.54) is 25.0 Å². The second kappa shape index (κ2) is 10.6. The molecule has 0 heterocycles. The predicted octanol–water partition coefficient (Wildman–Crippen LogP) is 5.58. The minimum Gasteiger partial charge on any atom is -0.497 e. The van der Waals surface area contributed by atoms with Gasteiger partial charge < -0.3 is 14.2 Å². The van der Waals surface area contributed by atoms with Gasteiger partial charge in [0.25, 0.3) is 0 Å². The van der Waals surface area contributed by atoms with Crippen molar-refractivity contribution < 1.29 is 18.6 Å². The summed E-state index contributed by atoms with van der Waals surface area (Å²) in [5.41, 5.74) is 2.16. The molecule has 2 aromatic rings. The molecule has 3 atom stereocenters. The van der Waals surface area contributed by atoms with E-state index < -0.39 is 0 Å². The third-order valence-corrected chi connectivity index (χ3v) is 5.47. The highest BCUT2D eigenvalue weighted by Crippen LogP contribution is 2.31. The molecule has 29 heavy (non-hydrogen) atoms. The molecule has 0 spiro atoms. The summed E-state index contributed by atoms with van der Waals surface area (Å²) in [6.07, 6.45) is 4.97. The molecule has 3 nitrogen and oxygen atoms in total. The first-order valence-corrected chi connectivity index (χ1v) is 10.3. The Bertz CT molecular complexity index is 753. The van der Waals surface area contributed by atoms with Crippen molar-refractivity contribution in [2.45, 2.75) is 45.0 Å². The minimum atomic E-state index is -0.221. The number of hydrogen-bond acceptors (Lipinski definition) is 3. The number of benzene rings is 2. The van der Waals surface area contributed by atoms with E-state index in [0.717, 1.165) is 29.9 Å². The van der Waals surface area contributed by atoms with Crippen LogP contribution in [-0.4, -0.2) is 25.9 Å². The van der Waals surface area contributed by atoms with Gasteiger partial charge in [0, 0.05) is 12.5 Å². The first kappa shape index (κ1) is 21.5. The third-order valence-electron chi connectivity index (χ3n) is 5.47. The Morgan fingerprint density at radius 1 is 1.03 bits per heavy atom. The highest BCUT2D eigenvalue weighted by molar-refractivity contribution is 5.26. The van der Waals surface area contributed by atoms with Gasteiger partial charge in [0.1, 0.15) is 11.6 Å². The summed E-state index contributed by atoms with van der Waals surface area (Å²) in [5, 5.41) is 0. The zero-order chi connectivity index (χ0) is 20.6. The highest BCUT2D eigenvalue weighted by Gasteiger charge is 2.30. The maximum atomic E-state index is 13.2. The predicted molar refractivity (Wildman–Crippen MR) is 114 cm³/mol. The fourth-order valence-electron chi connectivity index (χ4n) is 3.41. The van der Waals surface area contributed by atoms with Crippen LogP contribution in [0, 0.1) is 17.7 Å². The standard InChI is InChI=1S/C25H31FO3/c1-4-22(15-19-7-11-23(26)12-8-19)25(29-17-20-5-6-20)18(2)28-16-21-9-13-24(27-3)14-10-21/h4,7-14,18,20,22,25H,1,5-6,15-17H2,2-3H3/t18-,22+,25-/m0/s1. The van der Waals surface area contributed by atoms with Gasteiger partial charge in [-0.15, -0.1) is 6.58 Å². The van der Waals surface area contributed by atoms with E-state index in [0.29, 0.717) is 12.5 Å². The number of rotatable bonds is 12. The molecule has 1 aliphatic rings. The molecular formula is C25H31FO3. The van der Waals surface area contributed by atoms with Crippen molar-refractivity contribution in [2.24, 2.45) is 11.8 Å². The lowest BCUT2D eigenvalue weighted by Gasteiger charge is -2.30. The Morgan fingerprint density at radius 3 is 2.28 bits per heavy atom. The van der Waals surface area contributed by atoms with E-state index in [2.05, 4.69) is 13.5 Å². The molecule has 1 aliphatic carbocycles. The molecule has 0 radical (unpaired) electrons. The number of methoxy groups -OCH3 is 1. The lowest BCUT2D eigenvalue weighted by molar-refractivity contribution is -0.0905. The molecule has 0 amide bonds. The molecule has 156 valence electrons. The Labute approximate surface area is 173 Å². The molecule has 1 fully saturated rings. The number of halogens is 1. The van der Waals surface area contributed by atoms with Crippen molar-refractivity contribution >= 4 is 0 Å². The van der Waals surface area contributed by atoms with Crippen molar-refractivity contribution in [3.63, 3.8) is 0 Å². The summed E-state index contributed by atoms with van der Waals surface area (Å²) >= 11 is 0. The van der Waals surface area contributed by atoms with Gasteiger partial charge >= 0.3 is 0 Å². The first-order valence-electron chi connectivity index (χ1n) is 10.3. The van der Waals surface area contributed by atoms with Crippen LogP contribution in [0.1, 0.15) is 30.9 Å². The molecule has 2 aromatic carbocycles. The molecule has 1 saturated carbocycles. The van der Waals surface area contributed by atoms with E-state index in [9.17, 15) is 4.39 Å². The lowest BCUT2D eigenvalue weighted by atomic mass is 9.91. The van der Waals surface area contributed by atoms with Gasteiger partial charge in [0.15, 0.2) is 0 Å². The lowest BCUT2D eigenvalue weighted by Crippen LogP contribution is -2.37. The van der Waals surface area contributed by atoms with Gasteiger partial charge in [-0.3, -0.25) is 0 Å². The van der Waals surface area contributed by atoms with Gasteiger partial charge in [0.05, 0.1) is 25.9 Å². The third kappa shape index (κ3) is 6.69. The van der Waals surface area contributed by atoms with Crippen LogP contribution in [-0.2, 0) is 22.5 Å². The van der Waals surface area contributed by atoms with Gasteiger partial charge in [-0.25, -0.2) is 4.39 Å². The average Bonchev–Trinajstić information content (AvgIpc) is 3.57. The second-order valence-corrected chi connectivity index (χ2v) is 7.84. The largest absolute Gasteiger partial charge is 0.497 e. The van der Waals surface area contributed by atoms with E-state index in [1.807, 2.05) is 42.5 Å². The summed E-state index contributed by atoms with van der Waals surface area (Å²) in [4.78, 5) is 0. The fraction of sp³-hybridized carbons (Fsp3) is 0.440. The van der Waals surface area contributed by atoms with Crippen LogP contribution in [0.15, 0.2) is 61.2 Å². The van der Waals surface area contributed by atoms with Crippen LogP contribution in [0.3, 0.4) is 0 Å². The topological polar surface area (TPSA) is 27.7 Å². The molecule has 4 heteroatoms.